The molecule has 1 amide bonds. The molecule has 2 N–H and O–H groups in total. The van der Waals surface area contributed by atoms with Crippen molar-refractivity contribution >= 4 is 28.9 Å². The summed E-state index contributed by atoms with van der Waals surface area (Å²) in [4.78, 5) is 12.2. The zero-order valence-corrected chi connectivity index (χ0v) is 18.0. The largest absolute Gasteiger partial charge is 0.497 e. The maximum absolute atomic E-state index is 12.2. The van der Waals surface area contributed by atoms with Gasteiger partial charge in [0.15, 0.2) is 5.11 Å². The molecule has 160 valence electrons. The normalized spacial score (nSPS) is 10.1. The average molecular weight is 437 g/mol. The van der Waals surface area contributed by atoms with Crippen molar-refractivity contribution in [2.45, 2.75) is 6.42 Å². The topological polar surface area (TPSA) is 68.8 Å². The summed E-state index contributed by atoms with van der Waals surface area (Å²) >= 11 is 5.22. The first-order chi connectivity index (χ1) is 15.1. The maximum atomic E-state index is 12.2. The van der Waals surface area contributed by atoms with Crippen molar-refractivity contribution in [1.82, 2.24) is 5.32 Å². The van der Waals surface area contributed by atoms with E-state index in [0.29, 0.717) is 13.2 Å². The molecular weight excluding hydrogens is 412 g/mol. The van der Waals surface area contributed by atoms with Gasteiger partial charge >= 0.3 is 0 Å². The number of amides is 1. The summed E-state index contributed by atoms with van der Waals surface area (Å²) < 4.78 is 16.4. The molecule has 3 rings (SSSR count). The van der Waals surface area contributed by atoms with E-state index in [4.69, 9.17) is 26.4 Å². The van der Waals surface area contributed by atoms with Gasteiger partial charge in [0.1, 0.15) is 30.5 Å². The Bertz CT molecular complexity index is 977. The van der Waals surface area contributed by atoms with Gasteiger partial charge in [0, 0.05) is 5.69 Å². The predicted octanol–water partition coefficient (Wildman–Crippen LogP) is 4.21. The standard InChI is InChI=1S/C24H24N2O4S/c1-28-20-11-7-18(8-12-20)17-23(27)26-24(31)25-19-9-13-22(14-10-19)30-16-15-29-21-5-3-2-4-6-21/h2-14H,15-17H2,1H3,(H2,25,26,27,31). The second kappa shape index (κ2) is 11.6. The van der Waals surface area contributed by atoms with Crippen molar-refractivity contribution < 1.29 is 19.0 Å². The van der Waals surface area contributed by atoms with Crippen LogP contribution in [0.15, 0.2) is 78.9 Å². The lowest BCUT2D eigenvalue weighted by molar-refractivity contribution is -0.119. The lowest BCUT2D eigenvalue weighted by Gasteiger charge is -2.11. The molecule has 0 aromatic heterocycles. The van der Waals surface area contributed by atoms with Crippen LogP contribution < -0.4 is 24.8 Å². The van der Waals surface area contributed by atoms with Crippen LogP contribution in [0.25, 0.3) is 0 Å². The molecule has 0 heterocycles. The van der Waals surface area contributed by atoms with E-state index >= 15 is 0 Å². The Morgan fingerprint density at radius 1 is 0.806 bits per heavy atom. The summed E-state index contributed by atoms with van der Waals surface area (Å²) in [7, 11) is 1.60. The number of hydrogen-bond donors (Lipinski definition) is 2. The molecule has 0 fully saturated rings. The van der Waals surface area contributed by atoms with Gasteiger partial charge in [0.05, 0.1) is 13.5 Å². The third-order valence-corrected chi connectivity index (χ3v) is 4.46. The van der Waals surface area contributed by atoms with Gasteiger partial charge in [-0.1, -0.05) is 30.3 Å². The third kappa shape index (κ3) is 7.64. The second-order valence-corrected chi connectivity index (χ2v) is 6.97. The molecule has 0 bridgehead atoms. The summed E-state index contributed by atoms with van der Waals surface area (Å²) in [6.07, 6.45) is 0.226. The second-order valence-electron chi connectivity index (χ2n) is 6.56. The maximum Gasteiger partial charge on any atom is 0.230 e. The molecule has 31 heavy (non-hydrogen) atoms. The number of ether oxygens (including phenoxy) is 3. The van der Waals surface area contributed by atoms with Crippen LogP contribution in [0.4, 0.5) is 5.69 Å². The Morgan fingerprint density at radius 3 is 2.00 bits per heavy atom. The highest BCUT2D eigenvalue weighted by Gasteiger charge is 2.07. The first-order valence-electron chi connectivity index (χ1n) is 9.77. The Balaban J connectivity index is 1.38. The molecule has 0 spiro atoms. The van der Waals surface area contributed by atoms with E-state index in [1.54, 1.807) is 7.11 Å². The number of hydrogen-bond acceptors (Lipinski definition) is 5. The number of methoxy groups -OCH3 is 1. The molecule has 0 unspecified atom stereocenters. The van der Waals surface area contributed by atoms with Crippen LogP contribution in [0.1, 0.15) is 5.56 Å². The fraction of sp³-hybridized carbons (Fsp3) is 0.167. The third-order valence-electron chi connectivity index (χ3n) is 4.25. The lowest BCUT2D eigenvalue weighted by atomic mass is 10.1. The number of anilines is 1. The molecule has 3 aromatic rings. The lowest BCUT2D eigenvalue weighted by Crippen LogP contribution is -2.35. The van der Waals surface area contributed by atoms with Crippen LogP contribution in [0.5, 0.6) is 17.2 Å². The van der Waals surface area contributed by atoms with Gasteiger partial charge in [-0.05, 0) is 66.3 Å². The Hall–Kier alpha value is -3.58. The molecule has 6 nitrogen and oxygen atoms in total. The molecule has 0 aliphatic heterocycles. The molecule has 0 saturated heterocycles. The molecule has 0 saturated carbocycles. The van der Waals surface area contributed by atoms with Gasteiger partial charge in [-0.25, -0.2) is 0 Å². The first-order valence-corrected chi connectivity index (χ1v) is 10.2. The van der Waals surface area contributed by atoms with Crippen molar-refractivity contribution in [3.8, 4) is 17.2 Å². The number of nitrogens with one attached hydrogen (secondary N) is 2. The van der Waals surface area contributed by atoms with Gasteiger partial charge in [0.2, 0.25) is 5.91 Å². The van der Waals surface area contributed by atoms with Crippen molar-refractivity contribution in [2.24, 2.45) is 0 Å². The van der Waals surface area contributed by atoms with E-state index in [-0.39, 0.29) is 17.4 Å². The molecular formula is C24H24N2O4S. The quantitative estimate of drug-likeness (QED) is 0.387. The number of para-hydroxylation sites is 1. The number of carbonyl (C=O) groups excluding carboxylic acids is 1. The summed E-state index contributed by atoms with van der Waals surface area (Å²) in [6, 6.07) is 24.2. The Morgan fingerprint density at radius 2 is 1.39 bits per heavy atom. The molecule has 7 heteroatoms. The predicted molar refractivity (Wildman–Crippen MR) is 125 cm³/mol. The van der Waals surface area contributed by atoms with Crippen LogP contribution in [-0.4, -0.2) is 31.3 Å². The van der Waals surface area contributed by atoms with Crippen LogP contribution >= 0.6 is 12.2 Å². The highest BCUT2D eigenvalue weighted by Crippen LogP contribution is 2.16. The van der Waals surface area contributed by atoms with E-state index in [0.717, 1.165) is 28.5 Å². The minimum Gasteiger partial charge on any atom is -0.497 e. The van der Waals surface area contributed by atoms with Crippen LogP contribution in [0, 0.1) is 0 Å². The van der Waals surface area contributed by atoms with Gasteiger partial charge in [-0.3, -0.25) is 4.79 Å². The molecule has 0 aliphatic carbocycles. The zero-order chi connectivity index (χ0) is 21.9. The molecule has 0 radical (unpaired) electrons. The van der Waals surface area contributed by atoms with E-state index in [1.165, 1.54) is 0 Å². The van der Waals surface area contributed by atoms with Crippen molar-refractivity contribution in [3.63, 3.8) is 0 Å². The van der Waals surface area contributed by atoms with E-state index in [9.17, 15) is 4.79 Å². The Kier molecular flexibility index (Phi) is 8.25. The molecule has 0 aliphatic rings. The SMILES string of the molecule is COc1ccc(CC(=O)NC(=S)Nc2ccc(OCCOc3ccccc3)cc2)cc1. The fourth-order valence-electron chi connectivity index (χ4n) is 2.73. The molecule has 0 atom stereocenters. The minimum atomic E-state index is -0.193. The summed E-state index contributed by atoms with van der Waals surface area (Å²) in [5.74, 6) is 2.09. The van der Waals surface area contributed by atoms with Crippen LogP contribution in [-0.2, 0) is 11.2 Å². The van der Waals surface area contributed by atoms with Gasteiger partial charge in [-0.15, -0.1) is 0 Å². The number of benzene rings is 3. The van der Waals surface area contributed by atoms with Crippen molar-refractivity contribution in [2.75, 3.05) is 25.6 Å². The van der Waals surface area contributed by atoms with Crippen LogP contribution in [0.2, 0.25) is 0 Å². The smallest absolute Gasteiger partial charge is 0.230 e. The zero-order valence-electron chi connectivity index (χ0n) is 17.2. The minimum absolute atomic E-state index is 0.193. The van der Waals surface area contributed by atoms with E-state index in [1.807, 2.05) is 78.9 Å². The highest BCUT2D eigenvalue weighted by atomic mass is 32.1. The van der Waals surface area contributed by atoms with Crippen molar-refractivity contribution in [3.05, 3.63) is 84.4 Å². The van der Waals surface area contributed by atoms with Gasteiger partial charge in [0.25, 0.3) is 0 Å². The number of carbonyl (C=O) groups is 1. The van der Waals surface area contributed by atoms with E-state index in [2.05, 4.69) is 10.6 Å². The average Bonchev–Trinajstić information content (AvgIpc) is 2.79. The first kappa shape index (κ1) is 22.1. The highest BCUT2D eigenvalue weighted by molar-refractivity contribution is 7.80. The summed E-state index contributed by atoms with van der Waals surface area (Å²) in [5, 5.41) is 5.91. The summed E-state index contributed by atoms with van der Waals surface area (Å²) in [5.41, 5.74) is 1.63. The Labute approximate surface area is 187 Å². The van der Waals surface area contributed by atoms with Gasteiger partial charge < -0.3 is 24.8 Å². The molecule has 3 aromatic carbocycles. The van der Waals surface area contributed by atoms with E-state index < -0.39 is 0 Å². The number of thiocarbonyl (C=S) groups is 1. The van der Waals surface area contributed by atoms with Crippen molar-refractivity contribution in [1.29, 1.82) is 0 Å². The number of rotatable bonds is 9. The van der Waals surface area contributed by atoms with Crippen LogP contribution in [0.3, 0.4) is 0 Å². The monoisotopic (exact) mass is 436 g/mol. The fourth-order valence-corrected chi connectivity index (χ4v) is 2.96. The van der Waals surface area contributed by atoms with Gasteiger partial charge in [-0.2, -0.15) is 0 Å². The summed E-state index contributed by atoms with van der Waals surface area (Å²) in [6.45, 7) is 0.885.